The van der Waals surface area contributed by atoms with Gasteiger partial charge >= 0.3 is 5.97 Å². The first-order valence-electron chi connectivity index (χ1n) is 8.21. The Morgan fingerprint density at radius 3 is 2.24 bits per heavy atom. The van der Waals surface area contributed by atoms with Crippen molar-refractivity contribution in [3.05, 3.63) is 76.9 Å². The van der Waals surface area contributed by atoms with Crippen molar-refractivity contribution in [1.29, 1.82) is 0 Å². The van der Waals surface area contributed by atoms with Gasteiger partial charge in [-0.05, 0) is 60.3 Å². The van der Waals surface area contributed by atoms with Crippen LogP contribution in [0.3, 0.4) is 0 Å². The van der Waals surface area contributed by atoms with Crippen molar-refractivity contribution in [3.8, 4) is 11.8 Å². The molecule has 0 spiro atoms. The quantitative estimate of drug-likeness (QED) is 0.440. The molecule has 0 heterocycles. The molecule has 0 bridgehead atoms. The molecule has 1 aromatic rings. The summed E-state index contributed by atoms with van der Waals surface area (Å²) in [6.45, 7) is 14.5. The maximum Gasteiger partial charge on any atom is 0.328 e. The van der Waals surface area contributed by atoms with Crippen molar-refractivity contribution < 1.29 is 9.90 Å². The average molecular weight is 334 g/mol. The number of aliphatic carboxylic acids is 1. The smallest absolute Gasteiger partial charge is 0.328 e. The SMILES string of the molecule is C=C(C)/C(C#Cc1ccc(/C=C/C(=O)O)cc1)=C\C(=CC)C(C)(C)C. The number of carboxylic acid groups (broad SMARTS) is 1. The molecule has 25 heavy (non-hydrogen) atoms. The van der Waals surface area contributed by atoms with Crippen LogP contribution in [0.1, 0.15) is 45.7 Å². The van der Waals surface area contributed by atoms with E-state index in [1.54, 1.807) is 6.08 Å². The fourth-order valence-electron chi connectivity index (χ4n) is 2.14. The summed E-state index contributed by atoms with van der Waals surface area (Å²) >= 11 is 0. The summed E-state index contributed by atoms with van der Waals surface area (Å²) in [5, 5.41) is 8.65. The van der Waals surface area contributed by atoms with Gasteiger partial charge in [-0.15, -0.1) is 0 Å². The minimum Gasteiger partial charge on any atom is -0.478 e. The molecule has 0 aliphatic carbocycles. The summed E-state index contributed by atoms with van der Waals surface area (Å²) < 4.78 is 0. The number of allylic oxidation sites excluding steroid dienone is 5. The van der Waals surface area contributed by atoms with Gasteiger partial charge in [0.2, 0.25) is 0 Å². The Hall–Kier alpha value is -2.79. The zero-order chi connectivity index (χ0) is 19.0. The highest BCUT2D eigenvalue weighted by Crippen LogP contribution is 2.28. The van der Waals surface area contributed by atoms with E-state index < -0.39 is 5.97 Å². The van der Waals surface area contributed by atoms with Crippen LogP contribution in [-0.2, 0) is 4.79 Å². The molecule has 0 radical (unpaired) electrons. The number of hydrogen-bond donors (Lipinski definition) is 1. The zero-order valence-corrected chi connectivity index (χ0v) is 15.7. The molecule has 0 unspecified atom stereocenters. The first-order chi connectivity index (χ1) is 11.6. The Labute approximate surface area is 151 Å². The Morgan fingerprint density at radius 1 is 1.20 bits per heavy atom. The monoisotopic (exact) mass is 334 g/mol. The molecule has 2 heteroatoms. The lowest BCUT2D eigenvalue weighted by molar-refractivity contribution is -0.131. The van der Waals surface area contributed by atoms with Crippen LogP contribution in [0.4, 0.5) is 0 Å². The maximum atomic E-state index is 10.5. The topological polar surface area (TPSA) is 37.3 Å². The third-order valence-corrected chi connectivity index (χ3v) is 3.61. The number of benzene rings is 1. The second-order valence-corrected chi connectivity index (χ2v) is 6.88. The van der Waals surface area contributed by atoms with E-state index in [2.05, 4.69) is 51.3 Å². The van der Waals surface area contributed by atoms with Crippen LogP contribution in [0, 0.1) is 17.3 Å². The Bertz CT molecular complexity index is 783. The first-order valence-corrected chi connectivity index (χ1v) is 8.21. The molecule has 0 aromatic heterocycles. The lowest BCUT2D eigenvalue weighted by Crippen LogP contribution is -2.07. The summed E-state index contributed by atoms with van der Waals surface area (Å²) in [5.74, 6) is 5.39. The van der Waals surface area contributed by atoms with Gasteiger partial charge in [0.15, 0.2) is 0 Å². The summed E-state index contributed by atoms with van der Waals surface area (Å²) in [6, 6.07) is 7.45. The molecule has 0 saturated heterocycles. The highest BCUT2D eigenvalue weighted by molar-refractivity contribution is 5.85. The van der Waals surface area contributed by atoms with E-state index in [4.69, 9.17) is 5.11 Å². The zero-order valence-electron chi connectivity index (χ0n) is 15.7. The molecule has 1 aromatic carbocycles. The second kappa shape index (κ2) is 8.89. The van der Waals surface area contributed by atoms with E-state index in [1.807, 2.05) is 38.1 Å². The third kappa shape index (κ3) is 7.10. The third-order valence-electron chi connectivity index (χ3n) is 3.61. The number of hydrogen-bond acceptors (Lipinski definition) is 1. The molecule has 1 rings (SSSR count). The van der Waals surface area contributed by atoms with Crippen molar-refractivity contribution in [2.75, 3.05) is 0 Å². The predicted molar refractivity (Wildman–Crippen MR) is 106 cm³/mol. The molecule has 130 valence electrons. The highest BCUT2D eigenvalue weighted by Gasteiger charge is 2.14. The summed E-state index contributed by atoms with van der Waals surface area (Å²) in [7, 11) is 0. The van der Waals surface area contributed by atoms with Gasteiger partial charge in [0.25, 0.3) is 0 Å². The van der Waals surface area contributed by atoms with Crippen LogP contribution in [0.2, 0.25) is 0 Å². The van der Waals surface area contributed by atoms with Crippen LogP contribution >= 0.6 is 0 Å². The normalized spacial score (nSPS) is 12.7. The van der Waals surface area contributed by atoms with Gasteiger partial charge in [0, 0.05) is 17.2 Å². The predicted octanol–water partition coefficient (Wildman–Crippen LogP) is 5.63. The average Bonchev–Trinajstić information content (AvgIpc) is 2.52. The molecule has 1 N–H and O–H groups in total. The van der Waals surface area contributed by atoms with E-state index in [9.17, 15) is 4.79 Å². The highest BCUT2D eigenvalue weighted by atomic mass is 16.4. The molecular formula is C23H26O2. The van der Waals surface area contributed by atoms with E-state index >= 15 is 0 Å². The van der Waals surface area contributed by atoms with Crippen LogP contribution in [-0.4, -0.2) is 11.1 Å². The second-order valence-electron chi connectivity index (χ2n) is 6.88. The van der Waals surface area contributed by atoms with Gasteiger partial charge in [-0.25, -0.2) is 4.79 Å². The van der Waals surface area contributed by atoms with Crippen LogP contribution in [0.25, 0.3) is 6.08 Å². The molecular weight excluding hydrogens is 308 g/mol. The van der Waals surface area contributed by atoms with Crippen molar-refractivity contribution in [2.24, 2.45) is 5.41 Å². The number of rotatable bonds is 4. The van der Waals surface area contributed by atoms with Crippen molar-refractivity contribution in [3.63, 3.8) is 0 Å². The van der Waals surface area contributed by atoms with Gasteiger partial charge in [0.05, 0.1) is 0 Å². The van der Waals surface area contributed by atoms with Crippen molar-refractivity contribution in [2.45, 2.75) is 34.6 Å². The Kier molecular flexibility index (Phi) is 7.21. The van der Waals surface area contributed by atoms with Gasteiger partial charge in [-0.3, -0.25) is 0 Å². The Morgan fingerprint density at radius 2 is 1.80 bits per heavy atom. The van der Waals surface area contributed by atoms with Crippen LogP contribution in [0.15, 0.2) is 65.8 Å². The van der Waals surface area contributed by atoms with E-state index in [-0.39, 0.29) is 5.41 Å². The Balaban J connectivity index is 3.09. The fourth-order valence-corrected chi connectivity index (χ4v) is 2.14. The molecule has 2 nitrogen and oxygen atoms in total. The van der Waals surface area contributed by atoms with Crippen LogP contribution < -0.4 is 0 Å². The minimum atomic E-state index is -0.960. The fraction of sp³-hybridized carbons (Fsp3) is 0.261. The first kappa shape index (κ1) is 20.3. The van der Waals surface area contributed by atoms with Crippen LogP contribution in [0.5, 0.6) is 0 Å². The van der Waals surface area contributed by atoms with Gasteiger partial charge in [0.1, 0.15) is 0 Å². The van der Waals surface area contributed by atoms with Crippen molar-refractivity contribution >= 4 is 12.0 Å². The molecule has 0 amide bonds. The van der Waals surface area contributed by atoms with Gasteiger partial charge in [-0.1, -0.05) is 57.4 Å². The molecule has 0 atom stereocenters. The van der Waals surface area contributed by atoms with E-state index in [1.165, 1.54) is 5.57 Å². The van der Waals surface area contributed by atoms with Crippen molar-refractivity contribution in [1.82, 2.24) is 0 Å². The maximum absolute atomic E-state index is 10.5. The standard InChI is InChI=1S/C23H26O2/c1-7-21(23(4,5)6)16-20(17(2)3)14-12-18-8-10-19(11-9-18)13-15-22(24)25/h7-11,13,15-16H,2H2,1,3-6H3,(H,24,25)/b15-13+,20-16-,21-7?. The van der Waals surface area contributed by atoms with Gasteiger partial charge in [-0.2, -0.15) is 0 Å². The largest absolute Gasteiger partial charge is 0.478 e. The minimum absolute atomic E-state index is 0.0508. The summed E-state index contributed by atoms with van der Waals surface area (Å²) in [4.78, 5) is 10.5. The van der Waals surface area contributed by atoms with Gasteiger partial charge < -0.3 is 5.11 Å². The lowest BCUT2D eigenvalue weighted by atomic mass is 9.84. The molecule has 0 aliphatic rings. The van der Waals surface area contributed by atoms with E-state index in [0.717, 1.165) is 28.3 Å². The van der Waals surface area contributed by atoms with E-state index in [0.29, 0.717) is 0 Å². The molecule has 0 aliphatic heterocycles. The molecule has 0 saturated carbocycles. The summed E-state index contributed by atoms with van der Waals surface area (Å²) in [5.41, 5.74) is 4.81. The number of carbonyl (C=O) groups is 1. The summed E-state index contributed by atoms with van der Waals surface area (Å²) in [6.07, 6.45) is 6.88. The number of carboxylic acids is 1. The lowest BCUT2D eigenvalue weighted by Gasteiger charge is -2.20. The molecule has 0 fully saturated rings.